The van der Waals surface area contributed by atoms with Crippen molar-refractivity contribution in [2.24, 2.45) is 11.8 Å². The van der Waals surface area contributed by atoms with E-state index in [4.69, 9.17) is 16.3 Å². The Bertz CT molecular complexity index is 1480. The van der Waals surface area contributed by atoms with E-state index in [-0.39, 0.29) is 16.8 Å². The summed E-state index contributed by atoms with van der Waals surface area (Å²) in [6, 6.07) is 16.0. The molecule has 6 nitrogen and oxygen atoms in total. The molecule has 0 radical (unpaired) electrons. The Balaban J connectivity index is 1.57. The number of Topliss-reactive ketones (excluding diaryl/α,β-unsaturated/α-hetero) is 2. The van der Waals surface area contributed by atoms with Gasteiger partial charge in [0.1, 0.15) is 0 Å². The molecule has 0 aromatic heterocycles. The molecule has 2 aliphatic heterocycles. The number of hydrogen-bond acceptors (Lipinski definition) is 5. The number of ether oxygens (including phenoxy) is 1. The second-order valence-corrected chi connectivity index (χ2v) is 9.49. The van der Waals surface area contributed by atoms with Crippen molar-refractivity contribution in [1.82, 2.24) is 0 Å². The van der Waals surface area contributed by atoms with Crippen LogP contribution in [0.5, 0.6) is 0 Å². The van der Waals surface area contributed by atoms with Gasteiger partial charge < -0.3 is 4.74 Å². The van der Waals surface area contributed by atoms with Crippen LogP contribution in [0.2, 0.25) is 5.02 Å². The minimum atomic E-state index is -4.82. The first kappa shape index (κ1) is 23.6. The largest absolute Gasteiger partial charge is 0.416 e. The maximum atomic E-state index is 14.0. The third kappa shape index (κ3) is 3.10. The van der Waals surface area contributed by atoms with Crippen molar-refractivity contribution in [3.8, 4) is 0 Å². The maximum absolute atomic E-state index is 14.0. The highest BCUT2D eigenvalue weighted by Crippen LogP contribution is 2.58. The molecule has 0 unspecified atom stereocenters. The fourth-order valence-electron chi connectivity index (χ4n) is 5.65. The minimum absolute atomic E-state index is 0.0128. The van der Waals surface area contributed by atoms with Gasteiger partial charge in [0.2, 0.25) is 29.0 Å². The molecule has 3 atom stereocenters. The number of anilines is 1. The summed E-state index contributed by atoms with van der Waals surface area (Å²) >= 11 is 5.93. The Hall–Kier alpha value is -3.82. The molecule has 2 amide bonds. The zero-order valence-electron chi connectivity index (χ0n) is 18.7. The van der Waals surface area contributed by atoms with Crippen LogP contribution in [0, 0.1) is 11.8 Å². The summed E-state index contributed by atoms with van der Waals surface area (Å²) in [5.41, 5.74) is -3.90. The van der Waals surface area contributed by atoms with E-state index in [2.05, 4.69) is 0 Å². The number of carbonyl (C=O) groups excluding carboxylic acids is 4. The smallest absolute Gasteiger partial charge is 0.349 e. The quantitative estimate of drug-likeness (QED) is 0.345. The van der Waals surface area contributed by atoms with E-state index in [1.165, 1.54) is 60.7 Å². The molecule has 3 aromatic carbocycles. The number of hydrogen-bond donors (Lipinski definition) is 0. The number of benzene rings is 3. The van der Waals surface area contributed by atoms with Crippen LogP contribution in [0.15, 0.2) is 72.8 Å². The second kappa shape index (κ2) is 7.84. The predicted molar refractivity (Wildman–Crippen MR) is 124 cm³/mol. The molecular weight excluding hydrogens is 511 g/mol. The van der Waals surface area contributed by atoms with Crippen LogP contribution >= 0.6 is 11.6 Å². The molecule has 2 heterocycles. The summed E-state index contributed by atoms with van der Waals surface area (Å²) < 4.78 is 47.9. The Morgan fingerprint density at radius 2 is 1.35 bits per heavy atom. The number of ketones is 2. The lowest BCUT2D eigenvalue weighted by molar-refractivity contribution is -0.141. The first-order valence-electron chi connectivity index (χ1n) is 11.2. The molecule has 0 N–H and O–H groups in total. The SMILES string of the molecule is O=C1[C@H]2[C@@H](c3ccccc3C(F)(F)F)OC3(C(=O)c4ccccc4C3=O)[C@@H]2C(=O)N1c1ccc(Cl)cc1. The molecule has 37 heavy (non-hydrogen) atoms. The number of halogens is 4. The van der Waals surface area contributed by atoms with E-state index in [1.54, 1.807) is 0 Å². The first-order valence-corrected chi connectivity index (χ1v) is 11.6. The summed E-state index contributed by atoms with van der Waals surface area (Å²) in [6.07, 6.45) is -6.50. The number of nitrogens with zero attached hydrogens (tertiary/aromatic N) is 1. The van der Waals surface area contributed by atoms with Crippen LogP contribution in [0.4, 0.5) is 18.9 Å². The lowest BCUT2D eigenvalue weighted by Crippen LogP contribution is -2.51. The van der Waals surface area contributed by atoms with Crippen LogP contribution in [0.25, 0.3) is 0 Å². The van der Waals surface area contributed by atoms with E-state index in [9.17, 15) is 32.3 Å². The van der Waals surface area contributed by atoms with Gasteiger partial charge in [-0.05, 0) is 35.9 Å². The van der Waals surface area contributed by atoms with Crippen LogP contribution in [-0.4, -0.2) is 29.0 Å². The highest BCUT2D eigenvalue weighted by Gasteiger charge is 2.75. The average Bonchev–Trinajstić information content (AvgIpc) is 3.44. The van der Waals surface area contributed by atoms with Crippen molar-refractivity contribution in [2.75, 3.05) is 4.90 Å². The number of carbonyl (C=O) groups is 4. The molecule has 1 aliphatic carbocycles. The monoisotopic (exact) mass is 525 g/mol. The van der Waals surface area contributed by atoms with Crippen LogP contribution in [0.1, 0.15) is 37.9 Å². The maximum Gasteiger partial charge on any atom is 0.416 e. The zero-order valence-corrected chi connectivity index (χ0v) is 19.4. The number of rotatable bonds is 2. The molecule has 186 valence electrons. The molecule has 2 fully saturated rings. The molecular formula is C27H15ClF3NO5. The number of fused-ring (bicyclic) bond motifs is 3. The zero-order chi connectivity index (χ0) is 26.3. The van der Waals surface area contributed by atoms with E-state index >= 15 is 0 Å². The van der Waals surface area contributed by atoms with E-state index in [0.717, 1.165) is 17.0 Å². The van der Waals surface area contributed by atoms with Crippen LogP contribution < -0.4 is 4.90 Å². The molecule has 2 saturated heterocycles. The van der Waals surface area contributed by atoms with E-state index in [1.807, 2.05) is 0 Å². The average molecular weight is 526 g/mol. The van der Waals surface area contributed by atoms with Crippen molar-refractivity contribution in [1.29, 1.82) is 0 Å². The molecule has 3 aromatic rings. The van der Waals surface area contributed by atoms with Crippen molar-refractivity contribution in [2.45, 2.75) is 17.9 Å². The van der Waals surface area contributed by atoms with Gasteiger partial charge in [-0.25, -0.2) is 4.90 Å². The summed E-state index contributed by atoms with van der Waals surface area (Å²) in [4.78, 5) is 55.8. The third-order valence-electron chi connectivity index (χ3n) is 7.18. The second-order valence-electron chi connectivity index (χ2n) is 9.05. The summed E-state index contributed by atoms with van der Waals surface area (Å²) in [7, 11) is 0. The highest BCUT2D eigenvalue weighted by molar-refractivity contribution is 6.37. The van der Waals surface area contributed by atoms with Gasteiger partial charge in [-0.2, -0.15) is 13.2 Å². The predicted octanol–water partition coefficient (Wildman–Crippen LogP) is 5.05. The Labute approximate surface area is 212 Å². The Morgan fingerprint density at radius 3 is 1.95 bits per heavy atom. The van der Waals surface area contributed by atoms with Gasteiger partial charge in [0, 0.05) is 16.1 Å². The Morgan fingerprint density at radius 1 is 0.784 bits per heavy atom. The first-order chi connectivity index (χ1) is 17.6. The molecule has 6 rings (SSSR count). The van der Waals surface area contributed by atoms with Gasteiger partial charge >= 0.3 is 6.18 Å². The Kier molecular flexibility index (Phi) is 4.99. The normalized spacial score (nSPS) is 24.2. The van der Waals surface area contributed by atoms with Crippen LogP contribution in [-0.2, 0) is 20.5 Å². The van der Waals surface area contributed by atoms with Crippen molar-refractivity contribution in [3.05, 3.63) is 100 Å². The molecule has 10 heteroatoms. The van der Waals surface area contributed by atoms with Gasteiger partial charge in [0.25, 0.3) is 0 Å². The fourth-order valence-corrected chi connectivity index (χ4v) is 5.77. The minimum Gasteiger partial charge on any atom is -0.349 e. The molecule has 0 saturated carbocycles. The van der Waals surface area contributed by atoms with Gasteiger partial charge in [0.05, 0.1) is 29.2 Å². The molecule has 1 spiro atoms. The lowest BCUT2D eigenvalue weighted by atomic mass is 9.76. The van der Waals surface area contributed by atoms with Crippen LogP contribution in [0.3, 0.4) is 0 Å². The molecule has 0 bridgehead atoms. The fraction of sp³-hybridized carbons (Fsp3) is 0.185. The number of amides is 2. The van der Waals surface area contributed by atoms with Gasteiger partial charge in [-0.15, -0.1) is 0 Å². The summed E-state index contributed by atoms with van der Waals surface area (Å²) in [6.45, 7) is 0. The van der Waals surface area contributed by atoms with Gasteiger partial charge in [-0.1, -0.05) is 54.1 Å². The highest BCUT2D eigenvalue weighted by atomic mass is 35.5. The van der Waals surface area contributed by atoms with E-state index in [0.29, 0.717) is 5.02 Å². The van der Waals surface area contributed by atoms with Gasteiger partial charge in [-0.3, -0.25) is 19.2 Å². The number of imide groups is 1. The van der Waals surface area contributed by atoms with Crippen molar-refractivity contribution in [3.63, 3.8) is 0 Å². The number of alkyl halides is 3. The topological polar surface area (TPSA) is 80.8 Å². The third-order valence-corrected chi connectivity index (χ3v) is 7.43. The summed E-state index contributed by atoms with van der Waals surface area (Å²) in [5.74, 6) is -6.68. The standard InChI is InChI=1S/C27H15ClF3NO5/c28-13-9-11-14(12-10-13)32-24(35)19-20(25(32)36)26(22(33)15-5-1-2-6-16(15)23(26)34)37-21(19)17-7-3-4-8-18(17)27(29,30)31/h1-12,19-21H/t19-,20+,21-/m1/s1. The van der Waals surface area contributed by atoms with Crippen molar-refractivity contribution >= 4 is 40.7 Å². The lowest BCUT2D eigenvalue weighted by Gasteiger charge is -2.28. The summed E-state index contributed by atoms with van der Waals surface area (Å²) in [5, 5.41) is 0.330. The van der Waals surface area contributed by atoms with Gasteiger partial charge in [0.15, 0.2) is 0 Å². The van der Waals surface area contributed by atoms with Crippen molar-refractivity contribution < 1.29 is 37.1 Å². The molecule has 3 aliphatic rings. The van der Waals surface area contributed by atoms with E-state index < -0.39 is 64.2 Å².